The molecule has 1 fully saturated rings. The van der Waals surface area contributed by atoms with Gasteiger partial charge in [0.15, 0.2) is 9.84 Å². The van der Waals surface area contributed by atoms with Gasteiger partial charge in [-0.05, 0) is 26.7 Å². The van der Waals surface area contributed by atoms with Gasteiger partial charge in [-0.25, -0.2) is 13.2 Å². The van der Waals surface area contributed by atoms with E-state index in [4.69, 9.17) is 5.11 Å². The van der Waals surface area contributed by atoms with Crippen LogP contribution >= 0.6 is 0 Å². The molecule has 110 valence electrons. The Balaban J connectivity index is 2.77. The smallest absolute Gasteiger partial charge is 0.329 e. The minimum atomic E-state index is -3.47. The second-order valence-electron chi connectivity index (χ2n) is 5.53. The number of carbonyl (C=O) groups is 2. The third-order valence-corrected chi connectivity index (χ3v) is 6.01. The summed E-state index contributed by atoms with van der Waals surface area (Å²) in [4.78, 5) is 24.0. The Morgan fingerprint density at radius 3 is 2.16 bits per heavy atom. The Hall–Kier alpha value is -1.11. The average molecular weight is 291 g/mol. The number of sulfone groups is 1. The Bertz CT molecular complexity index is 463. The molecule has 1 saturated carbocycles. The van der Waals surface area contributed by atoms with Gasteiger partial charge in [-0.1, -0.05) is 12.8 Å². The number of amides is 1. The molecule has 1 rings (SSSR count). The zero-order valence-corrected chi connectivity index (χ0v) is 12.4. The van der Waals surface area contributed by atoms with Crippen LogP contribution in [0.1, 0.15) is 39.5 Å². The van der Waals surface area contributed by atoms with Crippen LogP contribution in [0.2, 0.25) is 0 Å². The minimum absolute atomic E-state index is 0.446. The van der Waals surface area contributed by atoms with E-state index in [1.807, 2.05) is 0 Å². The summed E-state index contributed by atoms with van der Waals surface area (Å²) in [5.74, 6) is -2.44. The minimum Gasteiger partial charge on any atom is -0.480 e. The van der Waals surface area contributed by atoms with Gasteiger partial charge in [-0.3, -0.25) is 4.79 Å². The van der Waals surface area contributed by atoms with Gasteiger partial charge >= 0.3 is 5.97 Å². The number of rotatable bonds is 5. The molecule has 6 nitrogen and oxygen atoms in total. The van der Waals surface area contributed by atoms with E-state index >= 15 is 0 Å². The van der Waals surface area contributed by atoms with E-state index in [-0.39, 0.29) is 0 Å². The highest BCUT2D eigenvalue weighted by molar-refractivity contribution is 7.92. The molecule has 0 aromatic carbocycles. The van der Waals surface area contributed by atoms with Crippen LogP contribution in [-0.2, 0) is 19.4 Å². The first-order valence-corrected chi connectivity index (χ1v) is 8.02. The highest BCUT2D eigenvalue weighted by Crippen LogP contribution is 2.25. The molecule has 7 heteroatoms. The van der Waals surface area contributed by atoms with Gasteiger partial charge in [-0.2, -0.15) is 0 Å². The predicted molar refractivity (Wildman–Crippen MR) is 70.5 cm³/mol. The SMILES string of the molecule is CN(C(=O)CS(=O)(=O)C1CCCC1)C(C)(C)C(=O)O. The molecular weight excluding hydrogens is 270 g/mol. The van der Waals surface area contributed by atoms with Crippen LogP contribution < -0.4 is 0 Å². The zero-order chi connectivity index (χ0) is 14.8. The number of aliphatic carboxylic acids is 1. The summed E-state index contributed by atoms with van der Waals surface area (Å²) in [7, 11) is -2.15. The highest BCUT2D eigenvalue weighted by atomic mass is 32.2. The van der Waals surface area contributed by atoms with E-state index < -0.39 is 38.3 Å². The number of hydrogen-bond acceptors (Lipinski definition) is 4. The molecule has 0 radical (unpaired) electrons. The van der Waals surface area contributed by atoms with E-state index in [1.165, 1.54) is 20.9 Å². The van der Waals surface area contributed by atoms with Gasteiger partial charge in [0.2, 0.25) is 5.91 Å². The van der Waals surface area contributed by atoms with Crippen molar-refractivity contribution < 1.29 is 23.1 Å². The number of carboxylic acids is 1. The summed E-state index contributed by atoms with van der Waals surface area (Å²) >= 11 is 0. The van der Waals surface area contributed by atoms with Crippen LogP contribution in [0, 0.1) is 0 Å². The molecule has 0 unspecified atom stereocenters. The van der Waals surface area contributed by atoms with E-state index in [2.05, 4.69) is 0 Å². The molecule has 19 heavy (non-hydrogen) atoms. The molecule has 0 heterocycles. The molecule has 1 aliphatic rings. The number of carboxylic acid groups (broad SMARTS) is 1. The molecule has 1 N–H and O–H groups in total. The summed E-state index contributed by atoms with van der Waals surface area (Å²) in [6.07, 6.45) is 2.94. The fourth-order valence-electron chi connectivity index (χ4n) is 2.09. The lowest BCUT2D eigenvalue weighted by Crippen LogP contribution is -2.52. The third-order valence-electron chi connectivity index (χ3n) is 3.87. The molecule has 0 spiro atoms. The van der Waals surface area contributed by atoms with E-state index in [0.29, 0.717) is 12.8 Å². The molecule has 0 bridgehead atoms. The largest absolute Gasteiger partial charge is 0.480 e. The summed E-state index contributed by atoms with van der Waals surface area (Å²) in [5.41, 5.74) is -1.41. The molecule has 0 aromatic heterocycles. The second kappa shape index (κ2) is 5.48. The van der Waals surface area contributed by atoms with Crippen LogP contribution in [0.3, 0.4) is 0 Å². The van der Waals surface area contributed by atoms with Crippen molar-refractivity contribution in [1.29, 1.82) is 0 Å². The molecule has 0 atom stereocenters. The lowest BCUT2D eigenvalue weighted by atomic mass is 10.0. The van der Waals surface area contributed by atoms with Crippen LogP contribution in [0.4, 0.5) is 0 Å². The maximum Gasteiger partial charge on any atom is 0.329 e. The van der Waals surface area contributed by atoms with E-state index in [0.717, 1.165) is 17.7 Å². The van der Waals surface area contributed by atoms with Crippen molar-refractivity contribution in [3.63, 3.8) is 0 Å². The Morgan fingerprint density at radius 1 is 1.26 bits per heavy atom. The van der Waals surface area contributed by atoms with Crippen molar-refractivity contribution in [1.82, 2.24) is 4.90 Å². The summed E-state index contributed by atoms with van der Waals surface area (Å²) in [6, 6.07) is 0. The summed E-state index contributed by atoms with van der Waals surface area (Å²) in [5, 5.41) is 8.58. The Morgan fingerprint density at radius 2 is 1.74 bits per heavy atom. The van der Waals surface area contributed by atoms with Crippen LogP contribution in [-0.4, -0.2) is 53.9 Å². The monoisotopic (exact) mass is 291 g/mol. The van der Waals surface area contributed by atoms with Gasteiger partial charge < -0.3 is 10.0 Å². The molecule has 0 aromatic rings. The Kier molecular flexibility index (Phi) is 4.60. The molecule has 0 aliphatic heterocycles. The van der Waals surface area contributed by atoms with Gasteiger partial charge in [0, 0.05) is 7.05 Å². The van der Waals surface area contributed by atoms with Crippen molar-refractivity contribution in [2.45, 2.75) is 50.3 Å². The average Bonchev–Trinajstić information content (AvgIpc) is 2.81. The number of likely N-dealkylation sites (N-methyl/N-ethyl adjacent to an activating group) is 1. The maximum absolute atomic E-state index is 12.0. The summed E-state index contributed by atoms with van der Waals surface area (Å²) in [6.45, 7) is 2.74. The number of nitrogens with zero attached hydrogens (tertiary/aromatic N) is 1. The second-order valence-corrected chi connectivity index (χ2v) is 7.81. The van der Waals surface area contributed by atoms with Crippen molar-refractivity contribution in [2.75, 3.05) is 12.8 Å². The quantitative estimate of drug-likeness (QED) is 0.803. The number of hydrogen-bond donors (Lipinski definition) is 1. The lowest BCUT2D eigenvalue weighted by Gasteiger charge is -2.31. The fraction of sp³-hybridized carbons (Fsp3) is 0.833. The highest BCUT2D eigenvalue weighted by Gasteiger charge is 2.38. The standard InChI is InChI=1S/C12H21NO5S/c1-12(2,11(15)16)13(3)10(14)8-19(17,18)9-6-4-5-7-9/h9H,4-8H2,1-3H3,(H,15,16). The Labute approximate surface area is 113 Å². The van der Waals surface area contributed by atoms with Crippen molar-refractivity contribution in [2.24, 2.45) is 0 Å². The third kappa shape index (κ3) is 3.46. The van der Waals surface area contributed by atoms with Gasteiger partial charge in [0.1, 0.15) is 11.3 Å². The first kappa shape index (κ1) is 15.9. The topological polar surface area (TPSA) is 91.8 Å². The molecule has 0 saturated heterocycles. The summed E-state index contributed by atoms with van der Waals surface area (Å²) < 4.78 is 24.1. The van der Waals surface area contributed by atoms with Crippen LogP contribution in [0.25, 0.3) is 0 Å². The van der Waals surface area contributed by atoms with Crippen molar-refractivity contribution in [3.8, 4) is 0 Å². The molecule has 1 amide bonds. The van der Waals surface area contributed by atoms with E-state index in [1.54, 1.807) is 0 Å². The van der Waals surface area contributed by atoms with Gasteiger partial charge in [0.05, 0.1) is 5.25 Å². The van der Waals surface area contributed by atoms with E-state index in [9.17, 15) is 18.0 Å². The van der Waals surface area contributed by atoms with Crippen molar-refractivity contribution in [3.05, 3.63) is 0 Å². The van der Waals surface area contributed by atoms with Crippen molar-refractivity contribution >= 4 is 21.7 Å². The molecular formula is C12H21NO5S. The zero-order valence-electron chi connectivity index (χ0n) is 11.5. The predicted octanol–water partition coefficient (Wildman–Crippen LogP) is 0.665. The first-order chi connectivity index (χ1) is 8.59. The molecule has 1 aliphatic carbocycles. The lowest BCUT2D eigenvalue weighted by molar-refractivity contribution is -0.154. The number of carbonyl (C=O) groups excluding carboxylic acids is 1. The first-order valence-electron chi connectivity index (χ1n) is 6.30. The van der Waals surface area contributed by atoms with Crippen LogP contribution in [0.5, 0.6) is 0 Å². The fourth-order valence-corrected chi connectivity index (χ4v) is 3.91. The van der Waals surface area contributed by atoms with Gasteiger partial charge in [0.25, 0.3) is 0 Å². The van der Waals surface area contributed by atoms with Crippen LogP contribution in [0.15, 0.2) is 0 Å². The van der Waals surface area contributed by atoms with Gasteiger partial charge in [-0.15, -0.1) is 0 Å². The normalized spacial score (nSPS) is 17.4. The maximum atomic E-state index is 12.0.